The second-order valence-electron chi connectivity index (χ2n) is 8.34. The maximum Gasteiger partial charge on any atom is 0.320 e. The van der Waals surface area contributed by atoms with Crippen molar-refractivity contribution in [3.05, 3.63) is 0 Å². The number of halogens is 1. The third-order valence-corrected chi connectivity index (χ3v) is 5.95. The van der Waals surface area contributed by atoms with Crippen LogP contribution < -0.4 is 0 Å². The highest BCUT2D eigenvalue weighted by atomic mass is 35.5. The Labute approximate surface area is 175 Å². The van der Waals surface area contributed by atoms with Crippen molar-refractivity contribution in [1.82, 2.24) is 4.90 Å². The Hall–Kier alpha value is -0.280. The van der Waals surface area contributed by atoms with Crippen molar-refractivity contribution in [3.8, 4) is 0 Å². The Morgan fingerprint density at radius 3 is 1.59 bits per heavy atom. The van der Waals surface area contributed by atoms with Gasteiger partial charge in [-0.25, -0.2) is 0 Å². The highest BCUT2D eigenvalue weighted by Gasteiger charge is 2.29. The lowest BCUT2D eigenvalue weighted by Crippen LogP contribution is -2.36. The summed E-state index contributed by atoms with van der Waals surface area (Å²) in [6.45, 7) is 4.25. The molecular weight excluding hydrogens is 358 g/mol. The maximum absolute atomic E-state index is 11.1. The number of hydrogen-bond acceptors (Lipinski definition) is 2. The van der Waals surface area contributed by atoms with Gasteiger partial charge in [-0.1, -0.05) is 103 Å². The molecule has 0 radical (unpaired) electrons. The lowest BCUT2D eigenvalue weighted by Gasteiger charge is -2.20. The van der Waals surface area contributed by atoms with Crippen LogP contribution >= 0.6 is 12.4 Å². The van der Waals surface area contributed by atoms with E-state index >= 15 is 0 Å². The fourth-order valence-corrected chi connectivity index (χ4v) is 4.24. The minimum absolute atomic E-state index is 0. The molecule has 1 atom stereocenters. The number of likely N-dealkylation sites (tertiary alicyclic amines) is 1. The zero-order valence-electron chi connectivity index (χ0n) is 17.9. The first-order valence-corrected chi connectivity index (χ1v) is 11.7. The number of nitrogens with zero attached hydrogens (tertiary/aromatic N) is 1. The summed E-state index contributed by atoms with van der Waals surface area (Å²) in [5.74, 6) is -0.626. The molecule has 0 amide bonds. The van der Waals surface area contributed by atoms with Crippen LogP contribution in [0.15, 0.2) is 0 Å². The van der Waals surface area contributed by atoms with E-state index in [0.717, 1.165) is 25.9 Å². The van der Waals surface area contributed by atoms with E-state index in [1.165, 1.54) is 103 Å². The molecule has 0 aromatic rings. The fraction of sp³-hybridized carbons (Fsp3) is 0.957. The molecule has 162 valence electrons. The van der Waals surface area contributed by atoms with Gasteiger partial charge in [0.15, 0.2) is 0 Å². The predicted molar refractivity (Wildman–Crippen MR) is 119 cm³/mol. The molecule has 0 saturated carbocycles. The van der Waals surface area contributed by atoms with Gasteiger partial charge in [-0.15, -0.1) is 12.4 Å². The van der Waals surface area contributed by atoms with E-state index in [-0.39, 0.29) is 18.4 Å². The zero-order valence-corrected chi connectivity index (χ0v) is 18.7. The fourth-order valence-electron chi connectivity index (χ4n) is 4.24. The van der Waals surface area contributed by atoms with Crippen LogP contribution in [0.5, 0.6) is 0 Å². The first kappa shape index (κ1) is 26.7. The number of carboxylic acids is 1. The lowest BCUT2D eigenvalue weighted by atomic mass is 10.0. The summed E-state index contributed by atoms with van der Waals surface area (Å²) in [5, 5.41) is 9.18. The summed E-state index contributed by atoms with van der Waals surface area (Å²) < 4.78 is 0. The van der Waals surface area contributed by atoms with E-state index in [1.807, 2.05) is 0 Å². The van der Waals surface area contributed by atoms with Crippen LogP contribution in [0.25, 0.3) is 0 Å². The normalized spacial score (nSPS) is 17.1. The zero-order chi connectivity index (χ0) is 18.9. The van der Waals surface area contributed by atoms with E-state index in [1.54, 1.807) is 0 Å². The van der Waals surface area contributed by atoms with Crippen LogP contribution in [0.3, 0.4) is 0 Å². The number of carbonyl (C=O) groups is 1. The molecule has 1 unspecified atom stereocenters. The summed E-state index contributed by atoms with van der Waals surface area (Å²) in [6, 6.07) is -0.202. The molecule has 1 aliphatic heterocycles. The summed E-state index contributed by atoms with van der Waals surface area (Å²) >= 11 is 0. The number of carboxylic acid groups (broad SMARTS) is 1. The van der Waals surface area contributed by atoms with E-state index in [4.69, 9.17) is 0 Å². The molecule has 1 fully saturated rings. The number of aliphatic carboxylic acids is 1. The third-order valence-electron chi connectivity index (χ3n) is 5.95. The molecule has 4 heteroatoms. The van der Waals surface area contributed by atoms with Crippen LogP contribution in [-0.4, -0.2) is 35.1 Å². The van der Waals surface area contributed by atoms with Crippen LogP contribution in [0.4, 0.5) is 0 Å². The Bertz CT molecular complexity index is 338. The van der Waals surface area contributed by atoms with Crippen molar-refractivity contribution in [2.75, 3.05) is 13.1 Å². The van der Waals surface area contributed by atoms with Gasteiger partial charge in [-0.05, 0) is 32.4 Å². The molecule has 1 aliphatic rings. The van der Waals surface area contributed by atoms with Gasteiger partial charge in [0.1, 0.15) is 6.04 Å². The quantitative estimate of drug-likeness (QED) is 0.245. The summed E-state index contributed by atoms with van der Waals surface area (Å²) in [7, 11) is 0. The van der Waals surface area contributed by atoms with E-state index in [9.17, 15) is 9.90 Å². The number of unbranched alkanes of at least 4 members (excludes halogenated alkanes) is 15. The number of hydrogen-bond donors (Lipinski definition) is 1. The van der Waals surface area contributed by atoms with Crippen LogP contribution in [0.1, 0.15) is 122 Å². The highest BCUT2D eigenvalue weighted by molar-refractivity contribution is 5.85. The highest BCUT2D eigenvalue weighted by Crippen LogP contribution is 2.19. The van der Waals surface area contributed by atoms with E-state index in [0.29, 0.717) is 0 Å². The SMILES string of the molecule is CCCCCCCCCCCCCCCCCCN1CCCC1C(=O)O.Cl. The molecule has 0 aromatic carbocycles. The molecule has 0 aliphatic carbocycles. The smallest absolute Gasteiger partial charge is 0.320 e. The van der Waals surface area contributed by atoms with Gasteiger partial charge >= 0.3 is 5.97 Å². The molecule has 1 rings (SSSR count). The van der Waals surface area contributed by atoms with Crippen molar-refractivity contribution in [2.45, 2.75) is 129 Å². The Morgan fingerprint density at radius 2 is 1.19 bits per heavy atom. The van der Waals surface area contributed by atoms with Crippen molar-refractivity contribution < 1.29 is 9.90 Å². The largest absolute Gasteiger partial charge is 0.480 e. The van der Waals surface area contributed by atoms with Gasteiger partial charge in [0.25, 0.3) is 0 Å². The second-order valence-corrected chi connectivity index (χ2v) is 8.34. The van der Waals surface area contributed by atoms with Crippen molar-refractivity contribution >= 4 is 18.4 Å². The lowest BCUT2D eigenvalue weighted by molar-refractivity contribution is -0.142. The average molecular weight is 404 g/mol. The minimum Gasteiger partial charge on any atom is -0.480 e. The van der Waals surface area contributed by atoms with Gasteiger partial charge < -0.3 is 5.11 Å². The monoisotopic (exact) mass is 403 g/mol. The molecule has 1 N–H and O–H groups in total. The molecule has 0 aromatic heterocycles. The van der Waals surface area contributed by atoms with Gasteiger partial charge in [-0.3, -0.25) is 9.69 Å². The van der Waals surface area contributed by atoms with Crippen LogP contribution in [0.2, 0.25) is 0 Å². The Kier molecular flexibility index (Phi) is 18.9. The topological polar surface area (TPSA) is 40.5 Å². The first-order chi connectivity index (χ1) is 12.8. The van der Waals surface area contributed by atoms with Gasteiger partial charge in [-0.2, -0.15) is 0 Å². The van der Waals surface area contributed by atoms with Gasteiger partial charge in [0, 0.05) is 0 Å². The van der Waals surface area contributed by atoms with Gasteiger partial charge in [0.05, 0.1) is 0 Å². The molecule has 1 saturated heterocycles. The third kappa shape index (κ3) is 14.4. The van der Waals surface area contributed by atoms with Crippen LogP contribution in [0, 0.1) is 0 Å². The molecule has 3 nitrogen and oxygen atoms in total. The Balaban J connectivity index is 0.00000676. The predicted octanol–water partition coefficient (Wildman–Crippen LogP) is 7.22. The van der Waals surface area contributed by atoms with Crippen molar-refractivity contribution in [2.24, 2.45) is 0 Å². The molecule has 27 heavy (non-hydrogen) atoms. The van der Waals surface area contributed by atoms with E-state index < -0.39 is 5.97 Å². The average Bonchev–Trinajstić information content (AvgIpc) is 3.10. The molecule has 0 spiro atoms. The summed E-state index contributed by atoms with van der Waals surface area (Å²) in [5.41, 5.74) is 0. The summed E-state index contributed by atoms with van der Waals surface area (Å²) in [6.07, 6.45) is 24.1. The first-order valence-electron chi connectivity index (χ1n) is 11.7. The Morgan fingerprint density at radius 1 is 0.778 bits per heavy atom. The second kappa shape index (κ2) is 19.1. The van der Waals surface area contributed by atoms with E-state index in [2.05, 4.69) is 11.8 Å². The van der Waals surface area contributed by atoms with Gasteiger partial charge in [0.2, 0.25) is 0 Å². The number of rotatable bonds is 18. The maximum atomic E-state index is 11.1. The standard InChI is InChI=1S/C23H45NO2.ClH/c1-2-3-4-5-6-7-8-9-10-11-12-13-14-15-16-17-20-24-21-18-19-22(24)23(25)26;/h22H,2-21H2,1H3,(H,25,26);1H. The van der Waals surface area contributed by atoms with Crippen molar-refractivity contribution in [3.63, 3.8) is 0 Å². The van der Waals surface area contributed by atoms with Crippen LogP contribution in [-0.2, 0) is 4.79 Å². The molecular formula is C23H46ClNO2. The van der Waals surface area contributed by atoms with Crippen molar-refractivity contribution in [1.29, 1.82) is 0 Å². The molecule has 1 heterocycles. The summed E-state index contributed by atoms with van der Waals surface area (Å²) in [4.78, 5) is 13.3. The molecule has 0 bridgehead atoms. The minimum atomic E-state index is -0.626.